The van der Waals surface area contributed by atoms with E-state index in [-0.39, 0.29) is 10.8 Å². The third-order valence-corrected chi connectivity index (χ3v) is 4.20. The monoisotopic (exact) mass is 417 g/mol. The van der Waals surface area contributed by atoms with Crippen LogP contribution in [0.1, 0.15) is 16.1 Å². The Morgan fingerprint density at radius 3 is 2.62 bits per heavy atom. The summed E-state index contributed by atoms with van der Waals surface area (Å²) in [5.41, 5.74) is 3.26. The molecule has 11 heteroatoms. The normalized spacial score (nSPS) is 10.7. The molecule has 152 valence electrons. The molecule has 3 rings (SSSR count). The lowest BCUT2D eigenvalue weighted by atomic mass is 10.0. The number of halogens is 1. The zero-order valence-electron chi connectivity index (χ0n) is 16.4. The summed E-state index contributed by atoms with van der Waals surface area (Å²) in [6.45, 7) is 0.365. The summed E-state index contributed by atoms with van der Waals surface area (Å²) in [4.78, 5) is 13.6. The molecule has 0 spiro atoms. The molecule has 1 amide bonds. The molecule has 0 saturated carbocycles. The van der Waals surface area contributed by atoms with Crippen LogP contribution in [-0.4, -0.2) is 52.4 Å². The Kier molecular flexibility index (Phi) is 6.25. The van der Waals surface area contributed by atoms with E-state index in [1.54, 1.807) is 27.5 Å². The van der Waals surface area contributed by atoms with Gasteiger partial charge in [-0.05, 0) is 17.7 Å². The van der Waals surface area contributed by atoms with E-state index in [0.29, 0.717) is 35.0 Å². The van der Waals surface area contributed by atoms with Gasteiger partial charge >= 0.3 is 0 Å². The van der Waals surface area contributed by atoms with Gasteiger partial charge in [0.15, 0.2) is 16.6 Å². The van der Waals surface area contributed by atoms with Crippen LogP contribution in [0.25, 0.3) is 11.3 Å². The van der Waals surface area contributed by atoms with Gasteiger partial charge in [0.25, 0.3) is 5.91 Å². The highest BCUT2D eigenvalue weighted by Gasteiger charge is 2.19. The topological polar surface area (TPSA) is 116 Å². The highest BCUT2D eigenvalue weighted by atomic mass is 35.5. The number of aromatic nitrogens is 5. The van der Waals surface area contributed by atoms with Crippen LogP contribution in [0, 0.1) is 0 Å². The maximum atomic E-state index is 12.2. The number of methoxy groups -OCH3 is 2. The Morgan fingerprint density at radius 2 is 2.00 bits per heavy atom. The Bertz CT molecular complexity index is 1040. The highest BCUT2D eigenvalue weighted by molar-refractivity contribution is 6.29. The van der Waals surface area contributed by atoms with Gasteiger partial charge in [0.2, 0.25) is 0 Å². The molecular weight excluding hydrogens is 398 g/mol. The van der Waals surface area contributed by atoms with Crippen LogP contribution in [0.3, 0.4) is 0 Å². The van der Waals surface area contributed by atoms with E-state index in [9.17, 15) is 4.79 Å². The maximum Gasteiger partial charge on any atom is 0.273 e. The van der Waals surface area contributed by atoms with Gasteiger partial charge in [-0.2, -0.15) is 15.0 Å². The lowest BCUT2D eigenvalue weighted by molar-refractivity contribution is 0.0958. The minimum atomic E-state index is -0.405. The lowest BCUT2D eigenvalue weighted by Gasteiger charge is -2.17. The number of amides is 1. The quantitative estimate of drug-likeness (QED) is 0.600. The van der Waals surface area contributed by atoms with Gasteiger partial charge in [-0.1, -0.05) is 11.6 Å². The second-order valence-corrected chi connectivity index (χ2v) is 6.40. The fourth-order valence-corrected chi connectivity index (χ4v) is 2.95. The van der Waals surface area contributed by atoms with Crippen LogP contribution in [0.5, 0.6) is 5.75 Å². The summed E-state index contributed by atoms with van der Waals surface area (Å²) in [5.74, 6) is 0.110. The van der Waals surface area contributed by atoms with Crippen molar-refractivity contribution in [1.82, 2.24) is 30.5 Å². The number of benzene rings is 1. The van der Waals surface area contributed by atoms with E-state index >= 15 is 0 Å². The van der Waals surface area contributed by atoms with E-state index in [2.05, 4.69) is 31.0 Å². The van der Waals surface area contributed by atoms with Gasteiger partial charge in [-0.15, -0.1) is 10.2 Å². The van der Waals surface area contributed by atoms with Gasteiger partial charge in [0, 0.05) is 32.8 Å². The molecule has 1 aromatic carbocycles. The summed E-state index contributed by atoms with van der Waals surface area (Å²) in [5, 5.41) is 22.0. The standard InChI is InChI=1S/C18H20ClN7O3/c1-20-18(27)16-12(7-15(19)23-24-16)22-13-6-10(9-28-3)5-11(17(13)29-4)14-8-21-26(2)25-14/h5-8H,9H2,1-4H3,(H,20,27)(H,22,23). The molecule has 29 heavy (non-hydrogen) atoms. The van der Waals surface area contributed by atoms with Crippen LogP contribution in [0.2, 0.25) is 5.15 Å². The second kappa shape index (κ2) is 8.84. The van der Waals surface area contributed by atoms with Crippen molar-refractivity contribution in [2.45, 2.75) is 6.61 Å². The summed E-state index contributed by atoms with van der Waals surface area (Å²) in [6, 6.07) is 5.28. The molecule has 2 N–H and O–H groups in total. The number of carbonyl (C=O) groups is 1. The Morgan fingerprint density at radius 1 is 1.21 bits per heavy atom. The Balaban J connectivity index is 2.15. The minimum Gasteiger partial charge on any atom is -0.494 e. The largest absolute Gasteiger partial charge is 0.494 e. The summed E-state index contributed by atoms with van der Waals surface area (Å²) in [6.07, 6.45) is 1.64. The van der Waals surface area contributed by atoms with E-state index in [1.807, 2.05) is 12.1 Å². The molecule has 0 unspecified atom stereocenters. The number of carbonyl (C=O) groups excluding carboxylic acids is 1. The first-order chi connectivity index (χ1) is 14.0. The van der Waals surface area contributed by atoms with Crippen LogP contribution < -0.4 is 15.4 Å². The minimum absolute atomic E-state index is 0.0946. The van der Waals surface area contributed by atoms with Gasteiger partial charge < -0.3 is 20.1 Å². The number of hydrogen-bond acceptors (Lipinski definition) is 8. The van der Waals surface area contributed by atoms with Crippen molar-refractivity contribution in [1.29, 1.82) is 0 Å². The second-order valence-electron chi connectivity index (χ2n) is 6.01. The summed E-state index contributed by atoms with van der Waals surface area (Å²) >= 11 is 6.00. The van der Waals surface area contributed by atoms with Gasteiger partial charge in [0.05, 0.1) is 31.3 Å². The first kappa shape index (κ1) is 20.5. The maximum absolute atomic E-state index is 12.2. The third-order valence-electron chi connectivity index (χ3n) is 4.01. The number of hydrogen-bond donors (Lipinski definition) is 2. The van der Waals surface area contributed by atoms with E-state index in [0.717, 1.165) is 5.56 Å². The molecule has 10 nitrogen and oxygen atoms in total. The van der Waals surface area contributed by atoms with Gasteiger partial charge in [-0.25, -0.2) is 0 Å². The van der Waals surface area contributed by atoms with Crippen LogP contribution in [-0.2, 0) is 18.4 Å². The van der Waals surface area contributed by atoms with Crippen molar-refractivity contribution in [3.63, 3.8) is 0 Å². The predicted octanol–water partition coefficient (Wildman–Crippen LogP) is 2.18. The van der Waals surface area contributed by atoms with Gasteiger partial charge in [-0.3, -0.25) is 4.79 Å². The molecule has 3 aromatic rings. The lowest BCUT2D eigenvalue weighted by Crippen LogP contribution is -2.21. The molecule has 0 aliphatic carbocycles. The first-order valence-electron chi connectivity index (χ1n) is 8.55. The van der Waals surface area contributed by atoms with Crippen LogP contribution in [0.15, 0.2) is 24.4 Å². The Labute approximate surface area is 172 Å². The van der Waals surface area contributed by atoms with E-state index in [1.165, 1.54) is 17.9 Å². The first-order valence-corrected chi connectivity index (χ1v) is 8.93. The van der Waals surface area contributed by atoms with Crippen molar-refractivity contribution in [2.75, 3.05) is 26.6 Å². The molecule has 0 saturated heterocycles. The number of rotatable bonds is 7. The third kappa shape index (κ3) is 4.44. The zero-order chi connectivity index (χ0) is 21.0. The van der Waals surface area contributed by atoms with Crippen molar-refractivity contribution in [3.8, 4) is 17.0 Å². The predicted molar refractivity (Wildman–Crippen MR) is 107 cm³/mol. The van der Waals surface area contributed by atoms with E-state index in [4.69, 9.17) is 21.1 Å². The average Bonchev–Trinajstić information content (AvgIpc) is 3.14. The molecule has 0 atom stereocenters. The number of nitrogens with zero attached hydrogens (tertiary/aromatic N) is 5. The molecule has 0 aliphatic rings. The molecule has 0 bridgehead atoms. The highest BCUT2D eigenvalue weighted by Crippen LogP contribution is 2.39. The molecule has 2 heterocycles. The number of aryl methyl sites for hydroxylation is 1. The van der Waals surface area contributed by atoms with Crippen LogP contribution >= 0.6 is 11.6 Å². The van der Waals surface area contributed by atoms with Crippen molar-refractivity contribution >= 4 is 28.9 Å². The van der Waals surface area contributed by atoms with Crippen molar-refractivity contribution in [2.24, 2.45) is 7.05 Å². The molecule has 0 fully saturated rings. The van der Waals surface area contributed by atoms with Crippen molar-refractivity contribution < 1.29 is 14.3 Å². The smallest absolute Gasteiger partial charge is 0.273 e. The van der Waals surface area contributed by atoms with Crippen molar-refractivity contribution in [3.05, 3.63) is 40.8 Å². The molecule has 0 aliphatic heterocycles. The average molecular weight is 418 g/mol. The fraction of sp³-hybridized carbons (Fsp3) is 0.278. The number of ether oxygens (including phenoxy) is 2. The summed E-state index contributed by atoms with van der Waals surface area (Å²) < 4.78 is 10.9. The number of anilines is 2. The molecule has 2 aromatic heterocycles. The van der Waals surface area contributed by atoms with Gasteiger partial charge in [0.1, 0.15) is 5.69 Å². The number of nitrogens with one attached hydrogen (secondary N) is 2. The fourth-order valence-electron chi connectivity index (χ4n) is 2.81. The van der Waals surface area contributed by atoms with Crippen LogP contribution in [0.4, 0.5) is 11.4 Å². The zero-order valence-corrected chi connectivity index (χ0v) is 17.1. The molecule has 0 radical (unpaired) electrons. The van der Waals surface area contributed by atoms with E-state index < -0.39 is 5.91 Å². The Hall–Kier alpha value is -3.24. The molecular formula is C18H20ClN7O3. The summed E-state index contributed by atoms with van der Waals surface area (Å²) in [7, 11) is 6.40. The SMILES string of the molecule is CNC(=O)c1nnc(Cl)cc1Nc1cc(COC)cc(-c2cnn(C)n2)c1OC.